The van der Waals surface area contributed by atoms with Crippen molar-refractivity contribution in [2.24, 2.45) is 4.99 Å². The monoisotopic (exact) mass is 367 g/mol. The Bertz CT molecular complexity index is 890. The van der Waals surface area contributed by atoms with E-state index in [4.69, 9.17) is 4.42 Å². The van der Waals surface area contributed by atoms with E-state index in [1.54, 1.807) is 19.6 Å². The number of para-hydroxylation sites is 1. The fourth-order valence-electron chi connectivity index (χ4n) is 2.47. The van der Waals surface area contributed by atoms with E-state index >= 15 is 0 Å². The molecule has 0 saturated heterocycles. The van der Waals surface area contributed by atoms with Crippen molar-refractivity contribution >= 4 is 5.96 Å². The fourth-order valence-corrected chi connectivity index (χ4v) is 2.47. The molecule has 0 aliphatic heterocycles. The second-order valence-corrected chi connectivity index (χ2v) is 7.10. The van der Waals surface area contributed by atoms with Crippen LogP contribution in [-0.2, 0) is 18.5 Å². The molecule has 2 heterocycles. The molecule has 0 unspecified atom stereocenters. The summed E-state index contributed by atoms with van der Waals surface area (Å²) in [5.74, 6) is 2.90. The molecule has 2 aromatic heterocycles. The van der Waals surface area contributed by atoms with Crippen LogP contribution < -0.4 is 10.6 Å². The molecule has 0 aliphatic rings. The summed E-state index contributed by atoms with van der Waals surface area (Å²) in [6.07, 6.45) is 3.47. The molecule has 8 heteroatoms. The quantitative estimate of drug-likeness (QED) is 0.531. The van der Waals surface area contributed by atoms with E-state index in [0.717, 1.165) is 17.3 Å². The molecular formula is C19H25N7O. The van der Waals surface area contributed by atoms with Crippen LogP contribution in [0.3, 0.4) is 0 Å². The summed E-state index contributed by atoms with van der Waals surface area (Å²) in [6.45, 7) is 7.20. The molecule has 0 saturated carbocycles. The van der Waals surface area contributed by atoms with Crippen molar-refractivity contribution in [2.75, 3.05) is 7.05 Å². The summed E-state index contributed by atoms with van der Waals surface area (Å²) in [6, 6.07) is 9.96. The highest BCUT2D eigenvalue weighted by molar-refractivity contribution is 5.79. The van der Waals surface area contributed by atoms with Crippen LogP contribution in [0.25, 0.3) is 5.69 Å². The van der Waals surface area contributed by atoms with Crippen molar-refractivity contribution in [1.82, 2.24) is 30.4 Å². The molecule has 0 atom stereocenters. The van der Waals surface area contributed by atoms with Crippen LogP contribution >= 0.6 is 0 Å². The third-order valence-electron chi connectivity index (χ3n) is 3.99. The van der Waals surface area contributed by atoms with Gasteiger partial charge in [-0.05, 0) is 12.1 Å². The van der Waals surface area contributed by atoms with Crippen LogP contribution in [0.1, 0.15) is 38.2 Å². The van der Waals surface area contributed by atoms with Gasteiger partial charge in [0, 0.05) is 18.2 Å². The molecule has 0 bridgehead atoms. The molecular weight excluding hydrogens is 342 g/mol. The Morgan fingerprint density at radius 2 is 1.89 bits per heavy atom. The summed E-state index contributed by atoms with van der Waals surface area (Å²) in [4.78, 5) is 8.54. The number of oxazole rings is 1. The number of rotatable bonds is 5. The van der Waals surface area contributed by atoms with Gasteiger partial charge in [-0.25, -0.2) is 4.98 Å². The zero-order valence-corrected chi connectivity index (χ0v) is 16.1. The maximum atomic E-state index is 5.79. The average Bonchev–Trinajstić information content (AvgIpc) is 3.32. The summed E-state index contributed by atoms with van der Waals surface area (Å²) in [5.41, 5.74) is 0.948. The minimum atomic E-state index is -0.0628. The predicted octanol–water partition coefficient (Wildman–Crippen LogP) is 2.42. The van der Waals surface area contributed by atoms with E-state index in [9.17, 15) is 0 Å². The van der Waals surface area contributed by atoms with Crippen molar-refractivity contribution in [2.45, 2.75) is 39.3 Å². The topological polar surface area (TPSA) is 93.2 Å². The molecule has 1 aromatic carbocycles. The minimum absolute atomic E-state index is 0.0628. The van der Waals surface area contributed by atoms with Gasteiger partial charge in [-0.1, -0.05) is 39.0 Å². The van der Waals surface area contributed by atoms with Crippen LogP contribution in [0.2, 0.25) is 0 Å². The van der Waals surface area contributed by atoms with Crippen molar-refractivity contribution in [3.63, 3.8) is 0 Å². The van der Waals surface area contributed by atoms with E-state index in [0.29, 0.717) is 24.9 Å². The summed E-state index contributed by atoms with van der Waals surface area (Å²) >= 11 is 0. The standard InChI is InChI=1S/C19H25N7O/c1-19(2,3)15-10-21-17(27-15)12-23-18(20-4)22-11-16-25-24-13-26(16)14-8-6-5-7-9-14/h5-10,13H,11-12H2,1-4H3,(H2,20,22,23). The molecule has 0 radical (unpaired) electrons. The molecule has 8 nitrogen and oxygen atoms in total. The maximum absolute atomic E-state index is 5.79. The number of nitrogens with one attached hydrogen (secondary N) is 2. The highest BCUT2D eigenvalue weighted by Gasteiger charge is 2.19. The lowest BCUT2D eigenvalue weighted by atomic mass is 9.94. The summed E-state index contributed by atoms with van der Waals surface area (Å²) in [7, 11) is 1.72. The van der Waals surface area contributed by atoms with Gasteiger partial charge >= 0.3 is 0 Å². The summed E-state index contributed by atoms with van der Waals surface area (Å²) < 4.78 is 7.72. The smallest absolute Gasteiger partial charge is 0.213 e. The van der Waals surface area contributed by atoms with Gasteiger partial charge < -0.3 is 15.1 Å². The van der Waals surface area contributed by atoms with E-state index in [1.807, 2.05) is 34.9 Å². The van der Waals surface area contributed by atoms with Crippen LogP contribution in [0, 0.1) is 0 Å². The number of aromatic nitrogens is 4. The number of hydrogen-bond donors (Lipinski definition) is 2. The first-order valence-corrected chi connectivity index (χ1v) is 8.81. The predicted molar refractivity (Wildman–Crippen MR) is 104 cm³/mol. The maximum Gasteiger partial charge on any atom is 0.213 e. The fraction of sp³-hybridized carbons (Fsp3) is 0.368. The van der Waals surface area contributed by atoms with Crippen LogP contribution in [0.5, 0.6) is 0 Å². The molecule has 0 amide bonds. The second kappa shape index (κ2) is 8.03. The lowest BCUT2D eigenvalue weighted by molar-refractivity contribution is 0.379. The largest absolute Gasteiger partial charge is 0.443 e. The Morgan fingerprint density at radius 3 is 2.56 bits per heavy atom. The van der Waals surface area contributed by atoms with Gasteiger partial charge in [0.05, 0.1) is 19.3 Å². The van der Waals surface area contributed by atoms with Gasteiger partial charge in [0.15, 0.2) is 11.8 Å². The average molecular weight is 367 g/mol. The number of aliphatic imine (C=N–C) groups is 1. The van der Waals surface area contributed by atoms with E-state index in [1.165, 1.54) is 0 Å². The number of benzene rings is 1. The van der Waals surface area contributed by atoms with Gasteiger partial charge in [0.2, 0.25) is 5.89 Å². The van der Waals surface area contributed by atoms with Gasteiger partial charge in [-0.3, -0.25) is 9.56 Å². The zero-order valence-electron chi connectivity index (χ0n) is 16.1. The SMILES string of the molecule is CN=C(NCc1ncc(C(C)(C)C)o1)NCc1nncn1-c1ccccc1. The van der Waals surface area contributed by atoms with Gasteiger partial charge in [0.25, 0.3) is 0 Å². The van der Waals surface area contributed by atoms with Crippen molar-refractivity contribution in [3.8, 4) is 5.69 Å². The third kappa shape index (κ3) is 4.72. The first-order chi connectivity index (χ1) is 13.0. The van der Waals surface area contributed by atoms with Crippen LogP contribution in [-0.4, -0.2) is 32.8 Å². The molecule has 142 valence electrons. The van der Waals surface area contributed by atoms with Crippen molar-refractivity contribution < 1.29 is 4.42 Å². The van der Waals surface area contributed by atoms with E-state index in [-0.39, 0.29) is 5.41 Å². The highest BCUT2D eigenvalue weighted by Crippen LogP contribution is 2.22. The first-order valence-electron chi connectivity index (χ1n) is 8.81. The molecule has 0 aliphatic carbocycles. The molecule has 2 N–H and O–H groups in total. The molecule has 3 rings (SSSR count). The van der Waals surface area contributed by atoms with Crippen LogP contribution in [0.4, 0.5) is 0 Å². The van der Waals surface area contributed by atoms with Crippen molar-refractivity contribution in [3.05, 3.63) is 60.3 Å². The lowest BCUT2D eigenvalue weighted by Gasteiger charge is -2.13. The van der Waals surface area contributed by atoms with Gasteiger partial charge in [-0.15, -0.1) is 10.2 Å². The Hall–Kier alpha value is -3.16. The number of hydrogen-bond acceptors (Lipinski definition) is 5. The lowest BCUT2D eigenvalue weighted by Crippen LogP contribution is -2.37. The summed E-state index contributed by atoms with van der Waals surface area (Å²) in [5, 5.41) is 14.6. The molecule has 0 fully saturated rings. The number of guanidine groups is 1. The Labute approximate surface area is 158 Å². The molecule has 3 aromatic rings. The van der Waals surface area contributed by atoms with Gasteiger partial charge in [-0.2, -0.15) is 0 Å². The Kier molecular flexibility index (Phi) is 5.54. The van der Waals surface area contributed by atoms with Crippen LogP contribution in [0.15, 0.2) is 52.3 Å². The molecule has 27 heavy (non-hydrogen) atoms. The third-order valence-corrected chi connectivity index (χ3v) is 3.99. The number of nitrogens with zero attached hydrogens (tertiary/aromatic N) is 5. The zero-order chi connectivity index (χ0) is 19.3. The Morgan fingerprint density at radius 1 is 1.15 bits per heavy atom. The second-order valence-electron chi connectivity index (χ2n) is 7.10. The van der Waals surface area contributed by atoms with E-state index < -0.39 is 0 Å². The first kappa shape index (κ1) is 18.6. The minimum Gasteiger partial charge on any atom is -0.443 e. The van der Waals surface area contributed by atoms with Crippen molar-refractivity contribution in [1.29, 1.82) is 0 Å². The molecule has 0 spiro atoms. The normalized spacial score (nSPS) is 12.2. The Balaban J connectivity index is 1.58. The highest BCUT2D eigenvalue weighted by atomic mass is 16.4. The van der Waals surface area contributed by atoms with E-state index in [2.05, 4.69) is 51.6 Å². The van der Waals surface area contributed by atoms with Gasteiger partial charge in [0.1, 0.15) is 12.1 Å².